The minimum Gasteiger partial charge on any atom is -0.346 e. The van der Waals surface area contributed by atoms with E-state index in [9.17, 15) is 0 Å². The van der Waals surface area contributed by atoms with Crippen LogP contribution in [0.2, 0.25) is 0 Å². The molecule has 0 fully saturated rings. The zero-order chi connectivity index (χ0) is 19.6. The summed E-state index contributed by atoms with van der Waals surface area (Å²) in [6.07, 6.45) is 16.6. The van der Waals surface area contributed by atoms with E-state index < -0.39 is 0 Å². The van der Waals surface area contributed by atoms with E-state index in [4.69, 9.17) is 0 Å². The number of aromatic amines is 1. The third kappa shape index (κ3) is 5.42. The van der Waals surface area contributed by atoms with Crippen LogP contribution in [0.1, 0.15) is 73.0 Å². The molecule has 0 spiro atoms. The SMILES string of the molecule is C=C/C=C\C.CC.Cc1c[nH]c2ncnc(C3=CCCCCC3(C)C)c12.[HH]. The second-order valence-electron chi connectivity index (χ2n) is 6.93. The minimum atomic E-state index is 0. The highest BCUT2D eigenvalue weighted by molar-refractivity contribution is 5.91. The lowest BCUT2D eigenvalue weighted by Gasteiger charge is -2.27. The lowest BCUT2D eigenvalue weighted by molar-refractivity contribution is 0.441. The number of fused-ring (bicyclic) bond motifs is 1. The first-order valence-corrected chi connectivity index (χ1v) is 9.74. The molecular formula is C23H37N3. The Labute approximate surface area is 160 Å². The van der Waals surface area contributed by atoms with Gasteiger partial charge in [0.1, 0.15) is 12.0 Å². The monoisotopic (exact) mass is 355 g/mol. The molecule has 2 heterocycles. The predicted molar refractivity (Wildman–Crippen MR) is 117 cm³/mol. The van der Waals surface area contributed by atoms with Crippen molar-refractivity contribution in [2.24, 2.45) is 5.41 Å². The van der Waals surface area contributed by atoms with Crippen LogP contribution in [0.3, 0.4) is 0 Å². The molecule has 2 aromatic rings. The van der Waals surface area contributed by atoms with Gasteiger partial charge in [0.15, 0.2) is 0 Å². The molecule has 3 rings (SSSR count). The van der Waals surface area contributed by atoms with Crippen molar-refractivity contribution in [2.45, 2.75) is 67.2 Å². The Morgan fingerprint density at radius 3 is 2.58 bits per heavy atom. The third-order valence-electron chi connectivity index (χ3n) is 4.58. The van der Waals surface area contributed by atoms with Gasteiger partial charge < -0.3 is 4.98 Å². The number of hydrogen-bond donors (Lipinski definition) is 1. The molecule has 0 atom stereocenters. The summed E-state index contributed by atoms with van der Waals surface area (Å²) >= 11 is 0. The Bertz CT molecular complexity index is 754. The zero-order valence-electron chi connectivity index (χ0n) is 17.4. The first-order chi connectivity index (χ1) is 12.5. The van der Waals surface area contributed by atoms with Crippen LogP contribution >= 0.6 is 0 Å². The first-order valence-electron chi connectivity index (χ1n) is 9.74. The summed E-state index contributed by atoms with van der Waals surface area (Å²) in [7, 11) is 0. The van der Waals surface area contributed by atoms with E-state index in [1.54, 1.807) is 12.4 Å². The van der Waals surface area contributed by atoms with E-state index >= 15 is 0 Å². The van der Waals surface area contributed by atoms with Crippen molar-refractivity contribution in [3.63, 3.8) is 0 Å². The molecule has 26 heavy (non-hydrogen) atoms. The van der Waals surface area contributed by atoms with Gasteiger partial charge in [0, 0.05) is 13.0 Å². The zero-order valence-corrected chi connectivity index (χ0v) is 17.4. The molecule has 1 aliphatic carbocycles. The van der Waals surface area contributed by atoms with Crippen molar-refractivity contribution < 1.29 is 1.43 Å². The molecule has 0 saturated heterocycles. The van der Waals surface area contributed by atoms with Gasteiger partial charge in [-0.15, -0.1) is 0 Å². The van der Waals surface area contributed by atoms with Gasteiger partial charge in [-0.05, 0) is 49.7 Å². The number of rotatable bonds is 2. The fourth-order valence-electron chi connectivity index (χ4n) is 3.24. The topological polar surface area (TPSA) is 41.6 Å². The van der Waals surface area contributed by atoms with Gasteiger partial charge in [0.05, 0.1) is 5.69 Å². The summed E-state index contributed by atoms with van der Waals surface area (Å²) < 4.78 is 0. The van der Waals surface area contributed by atoms with Crippen molar-refractivity contribution in [1.29, 1.82) is 0 Å². The standard InChI is InChI=1S/C16H21N3.C5H8.C2H6.H2/c1-11-9-17-15-13(11)14(18-10-19-15)12-7-5-4-6-8-16(12,2)3;1-3-5-4-2;1-2;/h7,9-10H,4-6,8H2,1-3H3,(H,17,18,19);3-5H,1H2,2H3;1-2H3;1H/b;5-4-;;. The summed E-state index contributed by atoms with van der Waals surface area (Å²) in [5.74, 6) is 0. The highest BCUT2D eigenvalue weighted by Gasteiger charge is 2.28. The van der Waals surface area contributed by atoms with E-state index in [1.807, 2.05) is 39.1 Å². The lowest BCUT2D eigenvalue weighted by atomic mass is 9.78. The van der Waals surface area contributed by atoms with Crippen LogP contribution in [0, 0.1) is 12.3 Å². The molecule has 1 N–H and O–H groups in total. The molecule has 0 aliphatic heterocycles. The molecule has 0 aromatic carbocycles. The summed E-state index contributed by atoms with van der Waals surface area (Å²) in [6, 6.07) is 0. The average Bonchev–Trinajstić information content (AvgIpc) is 2.92. The summed E-state index contributed by atoms with van der Waals surface area (Å²) in [5.41, 5.74) is 4.88. The maximum absolute atomic E-state index is 4.60. The Balaban J connectivity index is 0.000000740. The number of hydrogen-bond acceptors (Lipinski definition) is 2. The second kappa shape index (κ2) is 10.7. The smallest absolute Gasteiger partial charge is 0.141 e. The largest absolute Gasteiger partial charge is 0.346 e. The number of nitrogens with one attached hydrogen (secondary N) is 1. The summed E-state index contributed by atoms with van der Waals surface area (Å²) in [6.45, 7) is 16.2. The normalized spacial score (nSPS) is 16.0. The number of allylic oxidation sites excluding steroid dienone is 5. The summed E-state index contributed by atoms with van der Waals surface area (Å²) in [5, 5.41) is 1.18. The third-order valence-corrected chi connectivity index (χ3v) is 4.58. The van der Waals surface area contributed by atoms with Crippen LogP contribution in [-0.4, -0.2) is 15.0 Å². The quantitative estimate of drug-likeness (QED) is 0.575. The Hall–Kier alpha value is -2.16. The van der Waals surface area contributed by atoms with Crippen LogP contribution in [0.15, 0.2) is 43.4 Å². The Kier molecular flexibility index (Phi) is 9.04. The van der Waals surface area contributed by atoms with Crippen LogP contribution in [-0.2, 0) is 0 Å². The van der Waals surface area contributed by atoms with Crippen molar-refractivity contribution in [3.05, 3.63) is 54.7 Å². The highest BCUT2D eigenvalue weighted by Crippen LogP contribution is 2.42. The Morgan fingerprint density at radius 2 is 1.96 bits per heavy atom. The molecule has 0 amide bonds. The number of aryl methyl sites for hydroxylation is 1. The minimum absolute atomic E-state index is 0. The van der Waals surface area contributed by atoms with Crippen LogP contribution in [0.4, 0.5) is 0 Å². The van der Waals surface area contributed by atoms with E-state index in [0.717, 1.165) is 17.8 Å². The van der Waals surface area contributed by atoms with Gasteiger partial charge in [-0.3, -0.25) is 0 Å². The van der Waals surface area contributed by atoms with Crippen molar-refractivity contribution in [2.75, 3.05) is 0 Å². The van der Waals surface area contributed by atoms with Crippen molar-refractivity contribution in [1.82, 2.24) is 15.0 Å². The maximum atomic E-state index is 4.60. The highest BCUT2D eigenvalue weighted by atomic mass is 14.9. The average molecular weight is 356 g/mol. The lowest BCUT2D eigenvalue weighted by Crippen LogP contribution is -2.14. The Morgan fingerprint density at radius 1 is 1.23 bits per heavy atom. The van der Waals surface area contributed by atoms with E-state index in [2.05, 4.69) is 48.4 Å². The number of nitrogens with zero attached hydrogens (tertiary/aromatic N) is 2. The van der Waals surface area contributed by atoms with E-state index in [-0.39, 0.29) is 6.84 Å². The maximum Gasteiger partial charge on any atom is 0.141 e. The van der Waals surface area contributed by atoms with Crippen LogP contribution in [0.25, 0.3) is 16.6 Å². The molecule has 1 aliphatic rings. The van der Waals surface area contributed by atoms with Gasteiger partial charge in [-0.2, -0.15) is 0 Å². The van der Waals surface area contributed by atoms with Gasteiger partial charge in [-0.1, -0.05) is 65.0 Å². The molecular weight excluding hydrogens is 318 g/mol. The van der Waals surface area contributed by atoms with Gasteiger partial charge in [0.25, 0.3) is 0 Å². The molecule has 0 unspecified atom stereocenters. The second-order valence-corrected chi connectivity index (χ2v) is 6.93. The molecule has 3 heteroatoms. The predicted octanol–water partition coefficient (Wildman–Crippen LogP) is 7.27. The first kappa shape index (κ1) is 21.9. The van der Waals surface area contributed by atoms with Gasteiger partial charge in [0.2, 0.25) is 0 Å². The molecule has 0 radical (unpaired) electrons. The van der Waals surface area contributed by atoms with E-state index in [0.29, 0.717) is 0 Å². The van der Waals surface area contributed by atoms with Crippen molar-refractivity contribution >= 4 is 16.6 Å². The number of H-pyrrole nitrogens is 1. The molecule has 144 valence electrons. The van der Waals surface area contributed by atoms with Gasteiger partial charge >= 0.3 is 0 Å². The number of aromatic nitrogens is 3. The summed E-state index contributed by atoms with van der Waals surface area (Å²) in [4.78, 5) is 12.2. The van der Waals surface area contributed by atoms with Gasteiger partial charge in [-0.25, -0.2) is 9.97 Å². The fourth-order valence-corrected chi connectivity index (χ4v) is 3.24. The van der Waals surface area contributed by atoms with Crippen molar-refractivity contribution in [3.8, 4) is 0 Å². The molecule has 3 nitrogen and oxygen atoms in total. The van der Waals surface area contributed by atoms with E-state index in [1.165, 1.54) is 35.8 Å². The fraction of sp³-hybridized carbons (Fsp3) is 0.478. The molecule has 2 aromatic heterocycles. The van der Waals surface area contributed by atoms with Crippen LogP contribution in [0.5, 0.6) is 0 Å². The van der Waals surface area contributed by atoms with Crippen LogP contribution < -0.4 is 0 Å². The molecule has 0 saturated carbocycles. The molecule has 0 bridgehead atoms.